The topological polar surface area (TPSA) is 66.9 Å². The van der Waals surface area contributed by atoms with Crippen LogP contribution in [0.3, 0.4) is 0 Å². The van der Waals surface area contributed by atoms with E-state index in [1.54, 1.807) is 6.07 Å². The van der Waals surface area contributed by atoms with Crippen molar-refractivity contribution in [1.82, 2.24) is 0 Å². The van der Waals surface area contributed by atoms with Crippen molar-refractivity contribution in [2.45, 2.75) is 0 Å². The van der Waals surface area contributed by atoms with Gasteiger partial charge in [0.15, 0.2) is 6.67 Å². The molecule has 0 fully saturated rings. The van der Waals surface area contributed by atoms with Gasteiger partial charge in [0.25, 0.3) is 5.70 Å². The quantitative estimate of drug-likeness (QED) is 0.288. The maximum absolute atomic E-state index is 12.0. The summed E-state index contributed by atoms with van der Waals surface area (Å²) in [5.74, 6) is 0. The number of hydrogen-bond acceptors (Lipinski definition) is 3. The maximum atomic E-state index is 12.0. The van der Waals surface area contributed by atoms with Crippen molar-refractivity contribution in [2.75, 3.05) is 6.67 Å². The van der Waals surface area contributed by atoms with Crippen LogP contribution in [0.2, 0.25) is 0 Å². The van der Waals surface area contributed by atoms with Gasteiger partial charge in [-0.1, -0.05) is 12.7 Å². The van der Waals surface area contributed by atoms with Gasteiger partial charge in [-0.05, 0) is 6.08 Å². The average Bonchev–Trinajstić information content (AvgIpc) is 2.11. The van der Waals surface area contributed by atoms with E-state index in [4.69, 9.17) is 5.26 Å². The summed E-state index contributed by atoms with van der Waals surface area (Å²) in [6.45, 7) is 2.10. The van der Waals surface area contributed by atoms with E-state index in [0.717, 1.165) is 6.08 Å². The molecule has 0 radical (unpaired) electrons. The Morgan fingerprint density at radius 3 is 2.69 bits per heavy atom. The third-order valence-electron chi connectivity index (χ3n) is 1.12. The maximum Gasteiger partial charge on any atom is 0.278 e. The second-order valence-electron chi connectivity index (χ2n) is 2.00. The minimum absolute atomic E-state index is 0.000602. The van der Waals surface area contributed by atoms with Crippen LogP contribution in [0.25, 0.3) is 0 Å². The van der Waals surface area contributed by atoms with Gasteiger partial charge in [0.2, 0.25) is 0 Å². The van der Waals surface area contributed by atoms with E-state index in [2.05, 4.69) is 6.58 Å². The lowest BCUT2D eigenvalue weighted by molar-refractivity contribution is -0.428. The summed E-state index contributed by atoms with van der Waals surface area (Å²) in [6.07, 6.45) is 3.44. The molecule has 0 spiro atoms. The normalized spacial score (nSPS) is 12.0. The van der Waals surface area contributed by atoms with E-state index in [1.807, 2.05) is 0 Å². The first-order chi connectivity index (χ1) is 6.15. The summed E-state index contributed by atoms with van der Waals surface area (Å²) >= 11 is 0. The van der Waals surface area contributed by atoms with Gasteiger partial charge in [0.05, 0.1) is 16.6 Å². The molecule has 0 unspecified atom stereocenters. The van der Waals surface area contributed by atoms with Crippen LogP contribution in [0, 0.1) is 21.4 Å². The molecule has 68 valence electrons. The lowest BCUT2D eigenvalue weighted by Gasteiger charge is -1.90. The Labute approximate surface area is 74.4 Å². The van der Waals surface area contributed by atoms with Crippen LogP contribution in [-0.4, -0.2) is 11.6 Å². The van der Waals surface area contributed by atoms with Crippen molar-refractivity contribution < 1.29 is 9.31 Å². The second kappa shape index (κ2) is 5.66. The fourth-order valence-electron chi connectivity index (χ4n) is 0.564. The van der Waals surface area contributed by atoms with Crippen LogP contribution in [-0.2, 0) is 0 Å². The average molecular weight is 182 g/mol. The Morgan fingerprint density at radius 1 is 1.77 bits per heavy atom. The predicted molar refractivity (Wildman–Crippen MR) is 44.9 cm³/mol. The molecule has 0 aliphatic heterocycles. The molecule has 13 heavy (non-hydrogen) atoms. The van der Waals surface area contributed by atoms with E-state index in [9.17, 15) is 14.5 Å². The van der Waals surface area contributed by atoms with Crippen LogP contribution in [0.4, 0.5) is 4.39 Å². The number of hydrogen-bond donors (Lipinski definition) is 0. The molecule has 0 aromatic rings. The third-order valence-corrected chi connectivity index (χ3v) is 1.12. The molecule has 0 N–H and O–H groups in total. The van der Waals surface area contributed by atoms with Gasteiger partial charge in [-0.3, -0.25) is 10.1 Å². The first kappa shape index (κ1) is 11.0. The first-order valence-electron chi connectivity index (χ1n) is 3.29. The molecule has 0 aromatic carbocycles. The zero-order chi connectivity index (χ0) is 10.3. The van der Waals surface area contributed by atoms with Crippen molar-refractivity contribution >= 4 is 0 Å². The van der Waals surface area contributed by atoms with Gasteiger partial charge in [0.1, 0.15) is 0 Å². The van der Waals surface area contributed by atoms with E-state index in [-0.39, 0.29) is 5.57 Å². The highest BCUT2D eigenvalue weighted by atomic mass is 19.1. The van der Waals surface area contributed by atoms with Crippen LogP contribution >= 0.6 is 0 Å². The van der Waals surface area contributed by atoms with Crippen LogP contribution < -0.4 is 0 Å². The monoisotopic (exact) mass is 182 g/mol. The fraction of sp³-hybridized carbons (Fsp3) is 0.125. The van der Waals surface area contributed by atoms with Crippen LogP contribution in [0.15, 0.2) is 36.1 Å². The van der Waals surface area contributed by atoms with Gasteiger partial charge in [-0.2, -0.15) is 5.26 Å². The molecule has 0 saturated carbocycles. The van der Waals surface area contributed by atoms with E-state index < -0.39 is 17.3 Å². The molecular weight excluding hydrogens is 175 g/mol. The van der Waals surface area contributed by atoms with E-state index in [1.165, 1.54) is 12.2 Å². The predicted octanol–water partition coefficient (Wildman–Crippen LogP) is 1.75. The van der Waals surface area contributed by atoms with Gasteiger partial charge >= 0.3 is 0 Å². The number of halogens is 1. The van der Waals surface area contributed by atoms with E-state index >= 15 is 0 Å². The lowest BCUT2D eigenvalue weighted by Crippen LogP contribution is -2.00. The number of alkyl halides is 1. The second-order valence-corrected chi connectivity index (χ2v) is 2.00. The zero-order valence-electron chi connectivity index (χ0n) is 6.74. The molecule has 0 heterocycles. The number of nitro groups is 1. The standard InChI is InChI=1S/C8H7FN2O2/c1-2-3-7(6-10)4-8(5-9)11(12)13/h2-4H,1,5H2/b7-3+,8-4+. The van der Waals surface area contributed by atoms with Crippen molar-refractivity contribution in [3.8, 4) is 6.07 Å². The molecule has 0 aliphatic rings. The Bertz CT molecular complexity index is 313. The molecule has 5 heteroatoms. The SMILES string of the molecule is C=C/C=C(C#N)\C=C(/CF)[N+](=O)[O-]. The molecule has 0 amide bonds. The molecule has 0 bridgehead atoms. The lowest BCUT2D eigenvalue weighted by atomic mass is 10.2. The highest BCUT2D eigenvalue weighted by molar-refractivity contribution is 5.36. The third kappa shape index (κ3) is 3.82. The summed E-state index contributed by atoms with van der Waals surface area (Å²) in [7, 11) is 0. The summed E-state index contributed by atoms with van der Waals surface area (Å²) in [5.41, 5.74) is -0.644. The van der Waals surface area contributed by atoms with Crippen molar-refractivity contribution in [3.63, 3.8) is 0 Å². The van der Waals surface area contributed by atoms with Gasteiger partial charge in [0, 0.05) is 6.08 Å². The highest BCUT2D eigenvalue weighted by Crippen LogP contribution is 2.03. The van der Waals surface area contributed by atoms with E-state index in [0.29, 0.717) is 0 Å². The Kier molecular flexibility index (Phi) is 4.81. The molecule has 0 aromatic heterocycles. The zero-order valence-corrected chi connectivity index (χ0v) is 6.74. The molecular formula is C8H7FN2O2. The highest BCUT2D eigenvalue weighted by Gasteiger charge is 2.09. The molecule has 4 nitrogen and oxygen atoms in total. The molecule has 0 rings (SSSR count). The fourth-order valence-corrected chi connectivity index (χ4v) is 0.564. The minimum Gasteiger partial charge on any atom is -0.259 e. The number of allylic oxidation sites excluding steroid dienone is 5. The van der Waals surface area contributed by atoms with Crippen molar-refractivity contribution in [3.05, 3.63) is 46.2 Å². The van der Waals surface area contributed by atoms with Crippen LogP contribution in [0.1, 0.15) is 0 Å². The van der Waals surface area contributed by atoms with Gasteiger partial charge < -0.3 is 0 Å². The van der Waals surface area contributed by atoms with Crippen molar-refractivity contribution in [2.24, 2.45) is 0 Å². The molecule has 0 saturated heterocycles. The largest absolute Gasteiger partial charge is 0.278 e. The molecule has 0 aliphatic carbocycles. The Balaban J connectivity index is 4.88. The van der Waals surface area contributed by atoms with Crippen molar-refractivity contribution in [1.29, 1.82) is 5.26 Å². The van der Waals surface area contributed by atoms with Gasteiger partial charge in [-0.25, -0.2) is 4.39 Å². The van der Waals surface area contributed by atoms with Crippen LogP contribution in [0.5, 0.6) is 0 Å². The number of nitrogens with zero attached hydrogens (tertiary/aromatic N) is 2. The van der Waals surface area contributed by atoms with Gasteiger partial charge in [-0.15, -0.1) is 0 Å². The summed E-state index contributed by atoms with van der Waals surface area (Å²) in [5, 5.41) is 18.5. The number of rotatable bonds is 4. The minimum atomic E-state index is -1.21. The summed E-state index contributed by atoms with van der Waals surface area (Å²) < 4.78 is 12.0. The first-order valence-corrected chi connectivity index (χ1v) is 3.29. The smallest absolute Gasteiger partial charge is 0.259 e. The molecule has 0 atom stereocenters. The Morgan fingerprint density at radius 2 is 2.38 bits per heavy atom. The summed E-state index contributed by atoms with van der Waals surface area (Å²) in [4.78, 5) is 9.25. The Hall–Kier alpha value is -1.96. The number of nitriles is 1. The summed E-state index contributed by atoms with van der Waals surface area (Å²) in [6, 6.07) is 1.66.